The molecular weight excluding hydrogens is 318 g/mol. The van der Waals surface area contributed by atoms with Gasteiger partial charge in [0.25, 0.3) is 0 Å². The van der Waals surface area contributed by atoms with Crippen LogP contribution in [-0.2, 0) is 4.74 Å². The lowest BCUT2D eigenvalue weighted by Crippen LogP contribution is -2.34. The van der Waals surface area contributed by atoms with Gasteiger partial charge in [0.05, 0.1) is 11.6 Å². The molecule has 0 unspecified atom stereocenters. The molecule has 0 amide bonds. The summed E-state index contributed by atoms with van der Waals surface area (Å²) in [5, 5.41) is -0.261. The molecule has 0 aromatic heterocycles. The van der Waals surface area contributed by atoms with Crippen LogP contribution in [0.4, 0.5) is 23.2 Å². The average molecular weight is 330 g/mol. The van der Waals surface area contributed by atoms with Crippen LogP contribution < -0.4 is 10.5 Å². The van der Waals surface area contributed by atoms with Gasteiger partial charge in [0.2, 0.25) is 0 Å². The van der Waals surface area contributed by atoms with Crippen molar-refractivity contribution in [3.05, 3.63) is 22.7 Å². The normalized spacial score (nSPS) is 11.6. The monoisotopic (exact) mass is 329 g/mol. The lowest BCUT2D eigenvalue weighted by molar-refractivity contribution is -0.148. The first kappa shape index (κ1) is 17.4. The van der Waals surface area contributed by atoms with E-state index in [2.05, 4.69) is 9.47 Å². The Hall–Kier alpha value is -1.70. The molecule has 0 aliphatic rings. The Balaban J connectivity index is 3.08. The van der Waals surface area contributed by atoms with Crippen molar-refractivity contribution in [2.24, 2.45) is 0 Å². The summed E-state index contributed by atoms with van der Waals surface area (Å²) in [6, 6.07) is 2.24. The summed E-state index contributed by atoms with van der Waals surface area (Å²) >= 11 is 5.74. The lowest BCUT2D eigenvalue weighted by atomic mass is 10.1. The van der Waals surface area contributed by atoms with E-state index >= 15 is 0 Å². The maximum atomic E-state index is 12.9. The largest absolute Gasteiger partial charge is 0.485 e. The molecule has 1 rings (SSSR count). The van der Waals surface area contributed by atoms with Gasteiger partial charge >= 0.3 is 18.3 Å². The predicted molar refractivity (Wildman–Crippen MR) is 68.3 cm³/mol. The van der Waals surface area contributed by atoms with Gasteiger partial charge in [0.15, 0.2) is 12.4 Å². The first-order valence-electron chi connectivity index (χ1n) is 5.74. The Morgan fingerprint density at radius 1 is 1.43 bits per heavy atom. The third-order valence-corrected chi connectivity index (χ3v) is 2.57. The molecule has 1 aromatic rings. The molecule has 4 nitrogen and oxygen atoms in total. The molecule has 0 aliphatic carbocycles. The molecule has 9 heteroatoms. The van der Waals surface area contributed by atoms with Gasteiger partial charge in [0.1, 0.15) is 5.56 Å². The number of alkyl halides is 4. The van der Waals surface area contributed by atoms with Crippen LogP contribution in [0.25, 0.3) is 0 Å². The minimum atomic E-state index is -4.38. The second-order valence-corrected chi connectivity index (χ2v) is 4.36. The number of benzene rings is 1. The number of esters is 1. The third-order valence-electron chi connectivity index (χ3n) is 2.29. The van der Waals surface area contributed by atoms with Crippen molar-refractivity contribution in [2.75, 3.05) is 18.9 Å². The van der Waals surface area contributed by atoms with E-state index in [9.17, 15) is 22.4 Å². The number of hydrogen-bond acceptors (Lipinski definition) is 4. The SMILES string of the molecule is CCOC(=O)c1cc(N)cc(Cl)c1OCC(F)(F)C(F)F. The van der Waals surface area contributed by atoms with E-state index in [0.717, 1.165) is 12.1 Å². The van der Waals surface area contributed by atoms with E-state index in [1.165, 1.54) is 6.92 Å². The summed E-state index contributed by atoms with van der Waals surface area (Å²) in [6.07, 6.45) is -3.91. The number of nitrogens with two attached hydrogens (primary N) is 1. The van der Waals surface area contributed by atoms with Crippen molar-refractivity contribution >= 4 is 23.3 Å². The Morgan fingerprint density at radius 3 is 2.57 bits per heavy atom. The van der Waals surface area contributed by atoms with E-state index in [0.29, 0.717) is 0 Å². The van der Waals surface area contributed by atoms with Gasteiger partial charge in [-0.1, -0.05) is 11.6 Å². The standard InChI is InChI=1S/C12H12ClF4NO3/c1-2-20-10(19)7-3-6(18)4-8(13)9(7)21-5-12(16,17)11(14)15/h3-4,11H,2,5,18H2,1H3. The van der Waals surface area contributed by atoms with Crippen molar-refractivity contribution in [1.82, 2.24) is 0 Å². The lowest BCUT2D eigenvalue weighted by Gasteiger charge is -2.18. The van der Waals surface area contributed by atoms with Gasteiger partial charge in [-0.05, 0) is 19.1 Å². The van der Waals surface area contributed by atoms with Crippen molar-refractivity contribution in [3.8, 4) is 5.75 Å². The maximum absolute atomic E-state index is 12.9. The van der Waals surface area contributed by atoms with Gasteiger partial charge in [0, 0.05) is 5.69 Å². The fraction of sp³-hybridized carbons (Fsp3) is 0.417. The van der Waals surface area contributed by atoms with Gasteiger partial charge < -0.3 is 15.2 Å². The summed E-state index contributed by atoms with van der Waals surface area (Å²) < 4.78 is 59.2. The second-order valence-electron chi connectivity index (χ2n) is 3.95. The molecule has 0 atom stereocenters. The van der Waals surface area contributed by atoms with Crippen LogP contribution in [0.3, 0.4) is 0 Å². The molecule has 1 aromatic carbocycles. The summed E-state index contributed by atoms with van der Waals surface area (Å²) in [5.41, 5.74) is 5.23. The van der Waals surface area contributed by atoms with Gasteiger partial charge in [-0.15, -0.1) is 0 Å². The highest BCUT2D eigenvalue weighted by atomic mass is 35.5. The molecule has 0 heterocycles. The maximum Gasteiger partial charge on any atom is 0.342 e. The highest BCUT2D eigenvalue weighted by molar-refractivity contribution is 6.33. The van der Waals surface area contributed by atoms with Gasteiger partial charge in [-0.25, -0.2) is 13.6 Å². The fourth-order valence-corrected chi connectivity index (χ4v) is 1.64. The number of halogens is 5. The van der Waals surface area contributed by atoms with Gasteiger partial charge in [-0.3, -0.25) is 0 Å². The molecular formula is C12H12ClF4NO3. The van der Waals surface area contributed by atoms with Crippen molar-refractivity contribution in [3.63, 3.8) is 0 Å². The van der Waals surface area contributed by atoms with Crippen LogP contribution in [0.5, 0.6) is 5.75 Å². The molecule has 0 spiro atoms. The molecule has 21 heavy (non-hydrogen) atoms. The van der Waals surface area contributed by atoms with Crippen LogP contribution in [0.1, 0.15) is 17.3 Å². The molecule has 0 bridgehead atoms. The van der Waals surface area contributed by atoms with Crippen molar-refractivity contribution in [2.45, 2.75) is 19.3 Å². The van der Waals surface area contributed by atoms with E-state index in [1.807, 2.05) is 0 Å². The van der Waals surface area contributed by atoms with Crippen LogP contribution >= 0.6 is 11.6 Å². The Labute approximate surface area is 122 Å². The first-order chi connectivity index (χ1) is 9.69. The number of hydrogen-bond donors (Lipinski definition) is 1. The van der Waals surface area contributed by atoms with E-state index < -0.39 is 30.7 Å². The first-order valence-corrected chi connectivity index (χ1v) is 6.11. The van der Waals surface area contributed by atoms with Gasteiger partial charge in [-0.2, -0.15) is 8.78 Å². The quantitative estimate of drug-likeness (QED) is 0.494. The highest BCUT2D eigenvalue weighted by Crippen LogP contribution is 2.34. The minimum absolute atomic E-state index is 0.0118. The molecule has 2 N–H and O–H groups in total. The Morgan fingerprint density at radius 2 is 2.05 bits per heavy atom. The fourth-order valence-electron chi connectivity index (χ4n) is 1.35. The highest BCUT2D eigenvalue weighted by Gasteiger charge is 2.42. The summed E-state index contributed by atoms with van der Waals surface area (Å²) in [4.78, 5) is 11.7. The smallest absolute Gasteiger partial charge is 0.342 e. The third kappa shape index (κ3) is 4.38. The predicted octanol–water partition coefficient (Wildman–Crippen LogP) is 3.38. The Bertz CT molecular complexity index is 525. The molecule has 0 radical (unpaired) electrons. The molecule has 0 saturated heterocycles. The summed E-state index contributed by atoms with van der Waals surface area (Å²) in [7, 11) is 0. The number of anilines is 1. The zero-order valence-corrected chi connectivity index (χ0v) is 11.6. The molecule has 118 valence electrons. The van der Waals surface area contributed by atoms with Crippen LogP contribution in [0, 0.1) is 0 Å². The van der Waals surface area contributed by atoms with E-state index in [4.69, 9.17) is 17.3 Å². The number of rotatable bonds is 6. The minimum Gasteiger partial charge on any atom is -0.485 e. The Kier molecular flexibility index (Phi) is 5.65. The number of ether oxygens (including phenoxy) is 2. The number of carbonyl (C=O) groups excluding carboxylic acids is 1. The second kappa shape index (κ2) is 6.84. The van der Waals surface area contributed by atoms with Crippen molar-refractivity contribution in [1.29, 1.82) is 0 Å². The molecule has 0 aliphatic heterocycles. The summed E-state index contributed by atoms with van der Waals surface area (Å²) in [5.74, 6) is -5.77. The topological polar surface area (TPSA) is 61.5 Å². The average Bonchev–Trinajstić information content (AvgIpc) is 2.36. The van der Waals surface area contributed by atoms with Crippen LogP contribution in [-0.4, -0.2) is 31.5 Å². The zero-order chi connectivity index (χ0) is 16.2. The number of nitrogen functional groups attached to an aromatic ring is 1. The van der Waals surface area contributed by atoms with E-state index in [-0.39, 0.29) is 22.9 Å². The van der Waals surface area contributed by atoms with E-state index in [1.54, 1.807) is 0 Å². The number of carbonyl (C=O) groups is 1. The summed E-state index contributed by atoms with van der Waals surface area (Å²) in [6.45, 7) is -0.101. The van der Waals surface area contributed by atoms with Crippen LogP contribution in [0.15, 0.2) is 12.1 Å². The zero-order valence-electron chi connectivity index (χ0n) is 10.8. The van der Waals surface area contributed by atoms with Crippen molar-refractivity contribution < 1.29 is 31.8 Å². The molecule has 0 fully saturated rings. The van der Waals surface area contributed by atoms with Crippen LogP contribution in [0.2, 0.25) is 5.02 Å². The molecule has 0 saturated carbocycles.